The Balaban J connectivity index is 2.09. The molecule has 4 nitrogen and oxygen atoms in total. The van der Waals surface area contributed by atoms with Gasteiger partial charge >= 0.3 is 0 Å². The average Bonchev–Trinajstić information content (AvgIpc) is 2.61. The third-order valence-electron chi connectivity index (χ3n) is 3.84. The van der Waals surface area contributed by atoms with Crippen molar-refractivity contribution < 1.29 is 14.3 Å². The van der Waals surface area contributed by atoms with Crippen LogP contribution in [-0.2, 0) is 4.79 Å². The molecule has 0 unspecified atom stereocenters. The summed E-state index contributed by atoms with van der Waals surface area (Å²) < 4.78 is 11.0. The maximum absolute atomic E-state index is 12.3. The van der Waals surface area contributed by atoms with Gasteiger partial charge in [0.25, 0.3) is 0 Å². The zero-order chi connectivity index (χ0) is 18.2. The minimum atomic E-state index is -0.164. The molecular weight excluding hydrogens is 314 g/mol. The van der Waals surface area contributed by atoms with Gasteiger partial charge in [-0.3, -0.25) is 4.79 Å². The van der Waals surface area contributed by atoms with E-state index in [1.807, 2.05) is 63.2 Å². The van der Waals surface area contributed by atoms with Crippen molar-refractivity contribution in [2.24, 2.45) is 0 Å². The smallest absolute Gasteiger partial charge is 0.244 e. The van der Waals surface area contributed by atoms with Crippen LogP contribution in [0.25, 0.3) is 6.08 Å². The van der Waals surface area contributed by atoms with E-state index in [0.717, 1.165) is 28.2 Å². The van der Waals surface area contributed by atoms with E-state index in [1.165, 1.54) is 6.08 Å². The molecule has 0 aliphatic heterocycles. The number of carbonyl (C=O) groups excluding carboxylic acids is 1. The molecule has 1 amide bonds. The molecule has 0 aromatic heterocycles. The van der Waals surface area contributed by atoms with Crippen LogP contribution in [0.1, 0.15) is 36.6 Å². The Labute approximate surface area is 149 Å². The molecule has 4 heteroatoms. The Morgan fingerprint density at radius 3 is 2.68 bits per heavy atom. The summed E-state index contributed by atoms with van der Waals surface area (Å²) in [6, 6.07) is 13.4. The van der Waals surface area contributed by atoms with Crippen molar-refractivity contribution in [3.8, 4) is 11.5 Å². The van der Waals surface area contributed by atoms with Crippen LogP contribution in [-0.4, -0.2) is 19.6 Å². The van der Waals surface area contributed by atoms with Gasteiger partial charge in [-0.25, -0.2) is 0 Å². The molecule has 0 bridgehead atoms. The SMILES string of the molecule is CCOc1ccccc1/C=C/C(=O)N[C@@H](C)c1cc(C)ccc1OC. The van der Waals surface area contributed by atoms with Gasteiger partial charge in [0, 0.05) is 17.2 Å². The van der Waals surface area contributed by atoms with Gasteiger partial charge in [0.1, 0.15) is 11.5 Å². The van der Waals surface area contributed by atoms with Crippen molar-refractivity contribution >= 4 is 12.0 Å². The molecule has 2 aromatic rings. The summed E-state index contributed by atoms with van der Waals surface area (Å²) in [6.07, 6.45) is 3.29. The number of aryl methyl sites for hydroxylation is 1. The first-order valence-electron chi connectivity index (χ1n) is 8.40. The van der Waals surface area contributed by atoms with Crippen LogP contribution >= 0.6 is 0 Å². The normalized spacial score (nSPS) is 12.0. The van der Waals surface area contributed by atoms with Gasteiger partial charge in [0.15, 0.2) is 0 Å². The van der Waals surface area contributed by atoms with Crippen molar-refractivity contribution in [1.82, 2.24) is 5.32 Å². The number of benzene rings is 2. The minimum absolute atomic E-state index is 0.158. The minimum Gasteiger partial charge on any atom is -0.496 e. The zero-order valence-electron chi connectivity index (χ0n) is 15.2. The van der Waals surface area contributed by atoms with Crippen LogP contribution in [0.2, 0.25) is 0 Å². The summed E-state index contributed by atoms with van der Waals surface area (Å²) in [5.74, 6) is 1.37. The first-order valence-corrected chi connectivity index (χ1v) is 8.40. The van der Waals surface area contributed by atoms with Crippen LogP contribution in [0.15, 0.2) is 48.5 Å². The summed E-state index contributed by atoms with van der Waals surface area (Å²) in [5.41, 5.74) is 2.96. The molecule has 0 fully saturated rings. The highest BCUT2D eigenvalue weighted by molar-refractivity contribution is 5.92. The number of ether oxygens (including phenoxy) is 2. The Morgan fingerprint density at radius 2 is 1.96 bits per heavy atom. The summed E-state index contributed by atoms with van der Waals surface area (Å²) in [6.45, 7) is 6.48. The molecule has 0 spiro atoms. The highest BCUT2D eigenvalue weighted by atomic mass is 16.5. The van der Waals surface area contributed by atoms with Gasteiger partial charge in [-0.05, 0) is 39.0 Å². The summed E-state index contributed by atoms with van der Waals surface area (Å²) >= 11 is 0. The number of carbonyl (C=O) groups is 1. The highest BCUT2D eigenvalue weighted by Crippen LogP contribution is 2.26. The number of nitrogens with one attached hydrogen (secondary N) is 1. The monoisotopic (exact) mass is 339 g/mol. The molecule has 1 N–H and O–H groups in total. The summed E-state index contributed by atoms with van der Waals surface area (Å²) in [7, 11) is 1.63. The number of para-hydroxylation sites is 1. The van der Waals surface area contributed by atoms with Crippen LogP contribution in [0.3, 0.4) is 0 Å². The van der Waals surface area contributed by atoms with Gasteiger partial charge in [-0.2, -0.15) is 0 Å². The Hall–Kier alpha value is -2.75. The zero-order valence-corrected chi connectivity index (χ0v) is 15.2. The molecule has 0 heterocycles. The van der Waals surface area contributed by atoms with Crippen molar-refractivity contribution in [2.45, 2.75) is 26.8 Å². The highest BCUT2D eigenvalue weighted by Gasteiger charge is 2.13. The second-order valence-corrected chi connectivity index (χ2v) is 5.78. The van der Waals surface area contributed by atoms with Crippen molar-refractivity contribution in [2.75, 3.05) is 13.7 Å². The first kappa shape index (κ1) is 18.6. The topological polar surface area (TPSA) is 47.6 Å². The van der Waals surface area contributed by atoms with Gasteiger partial charge in [0.05, 0.1) is 19.8 Å². The third-order valence-corrected chi connectivity index (χ3v) is 3.84. The molecule has 0 radical (unpaired) electrons. The van der Waals surface area contributed by atoms with E-state index >= 15 is 0 Å². The fourth-order valence-corrected chi connectivity index (χ4v) is 2.60. The molecule has 1 atom stereocenters. The number of hydrogen-bond donors (Lipinski definition) is 1. The van der Waals surface area contributed by atoms with E-state index in [4.69, 9.17) is 9.47 Å². The average molecular weight is 339 g/mol. The Bertz CT molecular complexity index is 753. The van der Waals surface area contributed by atoms with E-state index in [2.05, 4.69) is 5.32 Å². The number of hydrogen-bond acceptors (Lipinski definition) is 3. The first-order chi connectivity index (χ1) is 12.0. The molecular formula is C21H25NO3. The standard InChI is InChI=1S/C21H25NO3/c1-5-25-19-9-7-6-8-17(19)11-13-21(23)22-16(3)18-14-15(2)10-12-20(18)24-4/h6-14,16H,5H2,1-4H3,(H,22,23)/b13-11+/t16-/m0/s1. The molecule has 25 heavy (non-hydrogen) atoms. The third kappa shape index (κ3) is 5.11. The largest absolute Gasteiger partial charge is 0.496 e. The van der Waals surface area contributed by atoms with Gasteiger partial charge in [-0.1, -0.05) is 35.9 Å². The maximum Gasteiger partial charge on any atom is 0.244 e. The van der Waals surface area contributed by atoms with E-state index in [-0.39, 0.29) is 11.9 Å². The molecule has 0 aliphatic rings. The Morgan fingerprint density at radius 1 is 1.20 bits per heavy atom. The lowest BCUT2D eigenvalue weighted by atomic mass is 10.0. The van der Waals surface area contributed by atoms with Gasteiger partial charge < -0.3 is 14.8 Å². The fourth-order valence-electron chi connectivity index (χ4n) is 2.60. The summed E-state index contributed by atoms with van der Waals surface area (Å²) in [4.78, 5) is 12.3. The van der Waals surface area contributed by atoms with Gasteiger partial charge in [-0.15, -0.1) is 0 Å². The van der Waals surface area contributed by atoms with E-state index in [0.29, 0.717) is 6.61 Å². The Kier molecular flexibility index (Phi) is 6.63. The lowest BCUT2D eigenvalue weighted by Crippen LogP contribution is -2.25. The fraction of sp³-hybridized carbons (Fsp3) is 0.286. The lowest BCUT2D eigenvalue weighted by Gasteiger charge is -2.17. The quantitative estimate of drug-likeness (QED) is 0.765. The molecule has 2 rings (SSSR count). The number of amides is 1. The predicted molar refractivity (Wildman–Crippen MR) is 101 cm³/mol. The lowest BCUT2D eigenvalue weighted by molar-refractivity contribution is -0.117. The van der Waals surface area contributed by atoms with E-state index in [9.17, 15) is 4.79 Å². The number of rotatable bonds is 7. The van der Waals surface area contributed by atoms with Gasteiger partial charge in [0.2, 0.25) is 5.91 Å². The molecule has 0 saturated carbocycles. The maximum atomic E-state index is 12.3. The van der Waals surface area contributed by atoms with Crippen LogP contribution in [0.5, 0.6) is 11.5 Å². The molecule has 2 aromatic carbocycles. The van der Waals surface area contributed by atoms with Crippen molar-refractivity contribution in [3.63, 3.8) is 0 Å². The summed E-state index contributed by atoms with van der Waals surface area (Å²) in [5, 5.41) is 2.97. The second kappa shape index (κ2) is 8.92. The van der Waals surface area contributed by atoms with Crippen LogP contribution in [0.4, 0.5) is 0 Å². The van der Waals surface area contributed by atoms with E-state index in [1.54, 1.807) is 13.2 Å². The van der Waals surface area contributed by atoms with Crippen molar-refractivity contribution in [3.05, 3.63) is 65.2 Å². The second-order valence-electron chi connectivity index (χ2n) is 5.78. The number of methoxy groups -OCH3 is 1. The van der Waals surface area contributed by atoms with Crippen LogP contribution in [0, 0.1) is 6.92 Å². The van der Waals surface area contributed by atoms with Crippen LogP contribution < -0.4 is 14.8 Å². The molecule has 132 valence electrons. The molecule has 0 aliphatic carbocycles. The van der Waals surface area contributed by atoms with Crippen molar-refractivity contribution in [1.29, 1.82) is 0 Å². The molecule has 0 saturated heterocycles. The predicted octanol–water partition coefficient (Wildman–Crippen LogP) is 4.29. The van der Waals surface area contributed by atoms with E-state index < -0.39 is 0 Å².